The summed E-state index contributed by atoms with van der Waals surface area (Å²) < 4.78 is 5.78. The minimum absolute atomic E-state index is 0.126. The van der Waals surface area contributed by atoms with Crippen LogP contribution in [0, 0.1) is 11.3 Å². The number of piperazine rings is 1. The summed E-state index contributed by atoms with van der Waals surface area (Å²) in [5.74, 6) is 2.21. The van der Waals surface area contributed by atoms with Gasteiger partial charge in [-0.3, -0.25) is 4.79 Å². The third-order valence-electron chi connectivity index (χ3n) is 5.92. The standard InChI is InChI=1S/C25H25N9O2/c26-17-18(23-31-20-5-1-2-6-21(20)36-23)19-8-12-28-24(32-19)27-9-3-7-22(35)33-13-15-34(16-14-33)25-29-10-4-11-30-25/h1-2,4-6,8,10-12,31H,3,7,9,13-16H2,(H,27,28,32)/b23-18-. The molecular formula is C25H25N9O2. The van der Waals surface area contributed by atoms with E-state index in [4.69, 9.17) is 4.74 Å². The second-order valence-corrected chi connectivity index (χ2v) is 8.25. The van der Waals surface area contributed by atoms with Crippen LogP contribution in [-0.4, -0.2) is 63.5 Å². The fourth-order valence-electron chi connectivity index (χ4n) is 4.05. The van der Waals surface area contributed by atoms with Gasteiger partial charge in [0.2, 0.25) is 23.7 Å². The van der Waals surface area contributed by atoms with Crippen LogP contribution < -0.4 is 20.3 Å². The Bertz CT molecular complexity index is 1270. The lowest BCUT2D eigenvalue weighted by atomic mass is 10.2. The molecule has 11 heteroatoms. The molecule has 0 bridgehead atoms. The Kier molecular flexibility index (Phi) is 6.84. The molecule has 2 aliphatic rings. The molecule has 2 N–H and O–H groups in total. The van der Waals surface area contributed by atoms with Crippen LogP contribution in [0.15, 0.2) is 60.9 Å². The summed E-state index contributed by atoms with van der Waals surface area (Å²) in [6, 6.07) is 13.1. The molecule has 1 amide bonds. The van der Waals surface area contributed by atoms with Gasteiger partial charge in [0, 0.05) is 57.7 Å². The summed E-state index contributed by atoms with van der Waals surface area (Å²) in [5, 5.41) is 16.0. The number of ether oxygens (including phenoxy) is 1. The largest absolute Gasteiger partial charge is 0.437 e. The molecule has 4 heterocycles. The minimum Gasteiger partial charge on any atom is -0.437 e. The number of nitriles is 1. The maximum atomic E-state index is 12.6. The van der Waals surface area contributed by atoms with Crippen LogP contribution >= 0.6 is 0 Å². The normalized spacial score (nSPS) is 15.9. The third-order valence-corrected chi connectivity index (χ3v) is 5.92. The Morgan fingerprint density at radius 3 is 2.64 bits per heavy atom. The molecule has 0 aliphatic carbocycles. The maximum absolute atomic E-state index is 12.6. The zero-order valence-electron chi connectivity index (χ0n) is 19.6. The van der Waals surface area contributed by atoms with Gasteiger partial charge < -0.3 is 25.2 Å². The Hall–Kier alpha value is -4.72. The summed E-state index contributed by atoms with van der Waals surface area (Å²) in [4.78, 5) is 33.9. The van der Waals surface area contributed by atoms with E-state index in [1.54, 1.807) is 30.7 Å². The molecule has 1 aromatic carbocycles. The van der Waals surface area contributed by atoms with Crippen molar-refractivity contribution in [1.29, 1.82) is 5.26 Å². The van der Waals surface area contributed by atoms with E-state index in [0.717, 1.165) is 18.8 Å². The van der Waals surface area contributed by atoms with Crippen LogP contribution in [0.3, 0.4) is 0 Å². The average Bonchev–Trinajstić information content (AvgIpc) is 3.36. The quantitative estimate of drug-likeness (QED) is 0.381. The van der Waals surface area contributed by atoms with E-state index in [9.17, 15) is 10.1 Å². The average molecular weight is 484 g/mol. The summed E-state index contributed by atoms with van der Waals surface area (Å²) in [7, 11) is 0. The molecule has 2 aromatic heterocycles. The topological polar surface area (TPSA) is 132 Å². The number of rotatable bonds is 7. The number of para-hydroxylation sites is 2. The van der Waals surface area contributed by atoms with Crippen LogP contribution in [0.2, 0.25) is 0 Å². The molecule has 3 aromatic rings. The Morgan fingerprint density at radius 2 is 1.86 bits per heavy atom. The van der Waals surface area contributed by atoms with E-state index in [0.29, 0.717) is 61.7 Å². The lowest BCUT2D eigenvalue weighted by Crippen LogP contribution is -2.49. The summed E-state index contributed by atoms with van der Waals surface area (Å²) >= 11 is 0. The van der Waals surface area contributed by atoms with Gasteiger partial charge in [0.15, 0.2) is 5.75 Å². The van der Waals surface area contributed by atoms with Crippen molar-refractivity contribution >= 4 is 29.1 Å². The van der Waals surface area contributed by atoms with Gasteiger partial charge >= 0.3 is 0 Å². The number of hydrogen-bond acceptors (Lipinski definition) is 10. The number of benzene rings is 1. The molecule has 0 spiro atoms. The van der Waals surface area contributed by atoms with Crippen molar-refractivity contribution in [1.82, 2.24) is 24.8 Å². The first-order valence-electron chi connectivity index (χ1n) is 11.8. The van der Waals surface area contributed by atoms with Crippen LogP contribution in [0.25, 0.3) is 5.57 Å². The van der Waals surface area contributed by atoms with Crippen molar-refractivity contribution in [2.24, 2.45) is 0 Å². The number of carbonyl (C=O) groups excluding carboxylic acids is 1. The lowest BCUT2D eigenvalue weighted by Gasteiger charge is -2.34. The Balaban J connectivity index is 1.10. The molecule has 0 atom stereocenters. The molecule has 5 rings (SSSR count). The number of amides is 1. The first kappa shape index (κ1) is 23.0. The van der Waals surface area contributed by atoms with E-state index >= 15 is 0 Å². The second kappa shape index (κ2) is 10.7. The van der Waals surface area contributed by atoms with Crippen molar-refractivity contribution < 1.29 is 9.53 Å². The van der Waals surface area contributed by atoms with Gasteiger partial charge in [0.05, 0.1) is 11.4 Å². The van der Waals surface area contributed by atoms with Crippen molar-refractivity contribution in [2.45, 2.75) is 12.8 Å². The molecule has 182 valence electrons. The molecule has 11 nitrogen and oxygen atoms in total. The molecule has 36 heavy (non-hydrogen) atoms. The van der Waals surface area contributed by atoms with Crippen LogP contribution in [0.1, 0.15) is 18.5 Å². The van der Waals surface area contributed by atoms with E-state index in [1.807, 2.05) is 29.2 Å². The summed E-state index contributed by atoms with van der Waals surface area (Å²) in [5.41, 5.74) is 1.53. The number of nitrogens with zero attached hydrogens (tertiary/aromatic N) is 7. The number of hydrogen-bond donors (Lipinski definition) is 2. The van der Waals surface area contributed by atoms with Gasteiger partial charge in [-0.15, -0.1) is 0 Å². The number of carbonyl (C=O) groups is 1. The predicted molar refractivity (Wildman–Crippen MR) is 134 cm³/mol. The van der Waals surface area contributed by atoms with Crippen molar-refractivity contribution in [3.05, 3.63) is 66.6 Å². The first-order chi connectivity index (χ1) is 17.7. The second-order valence-electron chi connectivity index (χ2n) is 8.25. The highest BCUT2D eigenvalue weighted by molar-refractivity contribution is 5.82. The number of fused-ring (bicyclic) bond motifs is 1. The Labute approximate surface area is 208 Å². The van der Waals surface area contributed by atoms with E-state index in [2.05, 4.69) is 41.5 Å². The monoisotopic (exact) mass is 483 g/mol. The van der Waals surface area contributed by atoms with Gasteiger partial charge in [0.25, 0.3) is 0 Å². The number of anilines is 3. The zero-order chi connectivity index (χ0) is 24.7. The lowest BCUT2D eigenvalue weighted by molar-refractivity contribution is -0.131. The number of aromatic nitrogens is 4. The molecule has 1 saturated heterocycles. The van der Waals surface area contributed by atoms with Gasteiger partial charge in [-0.05, 0) is 30.7 Å². The highest BCUT2D eigenvalue weighted by atomic mass is 16.5. The predicted octanol–water partition coefficient (Wildman–Crippen LogP) is 2.50. The van der Waals surface area contributed by atoms with Crippen molar-refractivity contribution in [2.75, 3.05) is 48.3 Å². The molecular weight excluding hydrogens is 458 g/mol. The van der Waals surface area contributed by atoms with Crippen molar-refractivity contribution in [3.8, 4) is 11.8 Å². The van der Waals surface area contributed by atoms with Gasteiger partial charge in [-0.1, -0.05) is 12.1 Å². The number of nitrogens with one attached hydrogen (secondary N) is 2. The molecule has 0 unspecified atom stereocenters. The van der Waals surface area contributed by atoms with Gasteiger partial charge in [0.1, 0.15) is 11.6 Å². The smallest absolute Gasteiger partial charge is 0.225 e. The van der Waals surface area contributed by atoms with Gasteiger partial charge in [-0.2, -0.15) is 5.26 Å². The summed E-state index contributed by atoms with van der Waals surface area (Å²) in [6.07, 6.45) is 6.11. The third kappa shape index (κ3) is 5.17. The van der Waals surface area contributed by atoms with Crippen LogP contribution in [0.5, 0.6) is 5.75 Å². The van der Waals surface area contributed by atoms with Crippen LogP contribution in [-0.2, 0) is 4.79 Å². The minimum atomic E-state index is 0.126. The maximum Gasteiger partial charge on any atom is 0.225 e. The highest BCUT2D eigenvalue weighted by Gasteiger charge is 2.23. The molecule has 0 radical (unpaired) electrons. The fraction of sp³-hybridized carbons (Fsp3) is 0.280. The molecule has 1 fully saturated rings. The first-order valence-corrected chi connectivity index (χ1v) is 11.8. The van der Waals surface area contributed by atoms with Crippen molar-refractivity contribution in [3.63, 3.8) is 0 Å². The van der Waals surface area contributed by atoms with E-state index in [1.165, 1.54) is 0 Å². The van der Waals surface area contributed by atoms with Crippen LogP contribution in [0.4, 0.5) is 17.6 Å². The molecule has 2 aliphatic heterocycles. The molecule has 0 saturated carbocycles. The highest BCUT2D eigenvalue weighted by Crippen LogP contribution is 2.35. The SMILES string of the molecule is N#C/C(=C1\Nc2ccccc2O1)c1ccnc(NCCCC(=O)N2CCN(c3ncccn3)CC2)n1. The van der Waals surface area contributed by atoms with E-state index in [-0.39, 0.29) is 11.5 Å². The number of allylic oxidation sites excluding steroid dienone is 1. The fourth-order valence-corrected chi connectivity index (χ4v) is 4.05. The van der Waals surface area contributed by atoms with E-state index < -0.39 is 0 Å². The van der Waals surface area contributed by atoms with Gasteiger partial charge in [-0.25, -0.2) is 19.9 Å². The summed E-state index contributed by atoms with van der Waals surface area (Å²) in [6.45, 7) is 3.28. The zero-order valence-corrected chi connectivity index (χ0v) is 19.6. The Morgan fingerprint density at radius 1 is 1.06 bits per heavy atom.